The molecule has 2 N–H and O–H groups in total. The number of nitrogens with one attached hydrogen (secondary N) is 1. The summed E-state index contributed by atoms with van der Waals surface area (Å²) >= 11 is 0. The van der Waals surface area contributed by atoms with Crippen LogP contribution in [0.1, 0.15) is 50.4 Å². The number of nitrogens with zero attached hydrogens (tertiary/aromatic N) is 4. The van der Waals surface area contributed by atoms with E-state index in [-0.39, 0.29) is 28.2 Å². The maximum atomic E-state index is 13.6. The number of piperidine rings is 1. The number of amides is 1. The predicted octanol–water partition coefficient (Wildman–Crippen LogP) is 4.35. The van der Waals surface area contributed by atoms with Crippen molar-refractivity contribution in [3.05, 3.63) is 82.7 Å². The summed E-state index contributed by atoms with van der Waals surface area (Å²) < 4.78 is 7.38. The highest BCUT2D eigenvalue weighted by atomic mass is 16.5. The highest BCUT2D eigenvalue weighted by molar-refractivity contribution is 5.97. The molecule has 0 aliphatic carbocycles. The van der Waals surface area contributed by atoms with Crippen molar-refractivity contribution in [3.8, 4) is 5.75 Å². The fourth-order valence-electron chi connectivity index (χ4n) is 5.36. The SMILES string of the molecule is Cc1ccc(C)c(Nc2cc(C(=O)N3CCC4(CC3)COc3ccccc34)nc3c(C(=O)O)cnn23)c1. The number of anilines is 2. The molecule has 0 atom stereocenters. The molecule has 0 unspecified atom stereocenters. The van der Waals surface area contributed by atoms with Gasteiger partial charge >= 0.3 is 5.97 Å². The second-order valence-electron chi connectivity index (χ2n) is 9.93. The lowest BCUT2D eigenvalue weighted by molar-refractivity contribution is 0.0638. The molecule has 2 aromatic carbocycles. The number of para-hydroxylation sites is 1. The first-order valence-electron chi connectivity index (χ1n) is 12.3. The molecule has 2 aromatic heterocycles. The van der Waals surface area contributed by atoms with Crippen LogP contribution < -0.4 is 10.1 Å². The second kappa shape index (κ2) is 8.62. The van der Waals surface area contributed by atoms with E-state index >= 15 is 0 Å². The highest BCUT2D eigenvalue weighted by Gasteiger charge is 2.43. The molecule has 0 saturated carbocycles. The summed E-state index contributed by atoms with van der Waals surface area (Å²) in [5.41, 5.74) is 4.30. The van der Waals surface area contributed by atoms with Gasteiger partial charge in [0.15, 0.2) is 5.65 Å². The van der Waals surface area contributed by atoms with Crippen LogP contribution in [0.25, 0.3) is 5.65 Å². The molecule has 1 saturated heterocycles. The number of aromatic nitrogens is 3. The van der Waals surface area contributed by atoms with Crippen LogP contribution in [0.15, 0.2) is 54.7 Å². The molecule has 6 rings (SSSR count). The van der Waals surface area contributed by atoms with E-state index in [4.69, 9.17) is 4.74 Å². The largest absolute Gasteiger partial charge is 0.492 e. The highest BCUT2D eigenvalue weighted by Crippen LogP contribution is 2.45. The number of aryl methyl sites for hydroxylation is 2. The van der Waals surface area contributed by atoms with Gasteiger partial charge in [0.1, 0.15) is 22.8 Å². The fraction of sp³-hybridized carbons (Fsp3) is 0.286. The zero-order valence-electron chi connectivity index (χ0n) is 20.7. The number of hydrogen-bond acceptors (Lipinski definition) is 6. The van der Waals surface area contributed by atoms with Gasteiger partial charge in [-0.1, -0.05) is 30.3 Å². The molecule has 1 spiro atoms. The maximum Gasteiger partial charge on any atom is 0.341 e. The number of aromatic carboxylic acids is 1. The van der Waals surface area contributed by atoms with Crippen LogP contribution in [-0.4, -0.2) is 56.2 Å². The van der Waals surface area contributed by atoms with E-state index in [2.05, 4.69) is 21.5 Å². The quantitative estimate of drug-likeness (QED) is 0.431. The number of rotatable bonds is 4. The van der Waals surface area contributed by atoms with Crippen LogP contribution in [0, 0.1) is 13.8 Å². The Morgan fingerprint density at radius 2 is 1.86 bits per heavy atom. The zero-order chi connectivity index (χ0) is 25.7. The Balaban J connectivity index is 1.32. The lowest BCUT2D eigenvalue weighted by Crippen LogP contribution is -2.46. The normalized spacial score (nSPS) is 16.0. The summed E-state index contributed by atoms with van der Waals surface area (Å²) in [6, 6.07) is 15.8. The number of carbonyl (C=O) groups is 2. The Labute approximate surface area is 213 Å². The molecule has 2 aliphatic rings. The van der Waals surface area contributed by atoms with E-state index in [9.17, 15) is 14.7 Å². The van der Waals surface area contributed by atoms with Gasteiger partial charge in [0.2, 0.25) is 0 Å². The van der Waals surface area contributed by atoms with Crippen LogP contribution in [0.3, 0.4) is 0 Å². The molecule has 37 heavy (non-hydrogen) atoms. The van der Waals surface area contributed by atoms with Crippen LogP contribution in [0.4, 0.5) is 11.5 Å². The average molecular weight is 498 g/mol. The van der Waals surface area contributed by atoms with Gasteiger partial charge in [0, 0.05) is 35.8 Å². The smallest absolute Gasteiger partial charge is 0.341 e. The second-order valence-corrected chi connectivity index (χ2v) is 9.93. The molecular formula is C28H27N5O4. The lowest BCUT2D eigenvalue weighted by Gasteiger charge is -2.38. The Morgan fingerprint density at radius 1 is 1.08 bits per heavy atom. The summed E-state index contributed by atoms with van der Waals surface area (Å²) in [5, 5.41) is 17.3. The molecule has 0 radical (unpaired) electrons. The fourth-order valence-corrected chi connectivity index (χ4v) is 5.36. The number of carbonyl (C=O) groups excluding carboxylic acids is 1. The Morgan fingerprint density at radius 3 is 2.65 bits per heavy atom. The van der Waals surface area contributed by atoms with E-state index in [1.165, 1.54) is 16.3 Å². The topological polar surface area (TPSA) is 109 Å². The summed E-state index contributed by atoms with van der Waals surface area (Å²) in [4.78, 5) is 31.8. The standard InChI is InChI=1S/C28H27N5O4/c1-17-7-8-18(2)21(13-17)30-24-14-22(31-25-19(27(35)36)15-29-33(24)25)26(34)32-11-9-28(10-12-32)16-37-23-6-4-3-5-20(23)28/h3-8,13-15,30H,9-12,16H2,1-2H3,(H,35,36). The molecule has 188 valence electrons. The molecule has 9 nitrogen and oxygen atoms in total. The first-order chi connectivity index (χ1) is 17.8. The predicted molar refractivity (Wildman–Crippen MR) is 138 cm³/mol. The number of hydrogen-bond donors (Lipinski definition) is 2. The van der Waals surface area contributed by atoms with Crippen molar-refractivity contribution < 1.29 is 19.4 Å². The number of carboxylic acid groups (broad SMARTS) is 1. The molecule has 1 amide bonds. The number of ether oxygens (including phenoxy) is 1. The van der Waals surface area contributed by atoms with Crippen LogP contribution in [0.5, 0.6) is 5.75 Å². The summed E-state index contributed by atoms with van der Waals surface area (Å²) in [5.74, 6) is 0.0235. The van der Waals surface area contributed by atoms with E-state index < -0.39 is 5.97 Å². The third-order valence-corrected chi connectivity index (χ3v) is 7.55. The van der Waals surface area contributed by atoms with E-state index in [1.807, 2.05) is 50.2 Å². The first-order valence-corrected chi connectivity index (χ1v) is 12.3. The molecule has 1 fully saturated rings. The molecule has 4 heterocycles. The van der Waals surface area contributed by atoms with Crippen LogP contribution in [0.2, 0.25) is 0 Å². The monoisotopic (exact) mass is 497 g/mol. The van der Waals surface area contributed by atoms with Gasteiger partial charge in [-0.3, -0.25) is 4.79 Å². The van der Waals surface area contributed by atoms with Crippen molar-refractivity contribution in [2.75, 3.05) is 25.0 Å². The van der Waals surface area contributed by atoms with Gasteiger partial charge in [0.05, 0.1) is 12.8 Å². The van der Waals surface area contributed by atoms with Gasteiger partial charge in [-0.2, -0.15) is 9.61 Å². The summed E-state index contributed by atoms with van der Waals surface area (Å²) in [6.07, 6.45) is 2.84. The average Bonchev–Trinajstić information content (AvgIpc) is 3.49. The number of carboxylic acids is 1. The third kappa shape index (κ3) is 3.87. The minimum Gasteiger partial charge on any atom is -0.492 e. The number of benzene rings is 2. The van der Waals surface area contributed by atoms with Gasteiger partial charge in [-0.05, 0) is 49.9 Å². The zero-order valence-corrected chi connectivity index (χ0v) is 20.7. The van der Waals surface area contributed by atoms with E-state index in [0.717, 1.165) is 35.4 Å². The third-order valence-electron chi connectivity index (χ3n) is 7.55. The minimum atomic E-state index is -1.15. The van der Waals surface area contributed by atoms with Gasteiger partial charge < -0.3 is 20.1 Å². The summed E-state index contributed by atoms with van der Waals surface area (Å²) in [6.45, 7) is 5.73. The molecule has 9 heteroatoms. The van der Waals surface area contributed by atoms with Crippen molar-refractivity contribution >= 4 is 29.0 Å². The number of fused-ring (bicyclic) bond motifs is 3. The summed E-state index contributed by atoms with van der Waals surface area (Å²) in [7, 11) is 0. The van der Waals surface area contributed by atoms with Crippen molar-refractivity contribution in [2.24, 2.45) is 0 Å². The molecule has 2 aliphatic heterocycles. The van der Waals surface area contributed by atoms with Crippen molar-refractivity contribution in [3.63, 3.8) is 0 Å². The van der Waals surface area contributed by atoms with Gasteiger partial charge in [0.25, 0.3) is 5.91 Å². The minimum absolute atomic E-state index is 0.0593. The first kappa shape index (κ1) is 23.0. The molecular weight excluding hydrogens is 470 g/mol. The van der Waals surface area contributed by atoms with E-state index in [0.29, 0.717) is 25.5 Å². The van der Waals surface area contributed by atoms with Crippen LogP contribution in [-0.2, 0) is 5.41 Å². The molecule has 0 bridgehead atoms. The Hall–Kier alpha value is -4.40. The van der Waals surface area contributed by atoms with Gasteiger partial charge in [-0.15, -0.1) is 0 Å². The van der Waals surface area contributed by atoms with Crippen molar-refractivity contribution in [1.29, 1.82) is 0 Å². The molecule has 4 aromatic rings. The Bertz CT molecular complexity index is 1550. The van der Waals surface area contributed by atoms with Crippen molar-refractivity contribution in [2.45, 2.75) is 32.1 Å². The van der Waals surface area contributed by atoms with Crippen molar-refractivity contribution in [1.82, 2.24) is 19.5 Å². The van der Waals surface area contributed by atoms with Crippen LogP contribution >= 0.6 is 0 Å². The van der Waals surface area contributed by atoms with E-state index in [1.54, 1.807) is 11.0 Å². The maximum absolute atomic E-state index is 13.6. The Kier molecular flexibility index (Phi) is 5.36. The van der Waals surface area contributed by atoms with Gasteiger partial charge in [-0.25, -0.2) is 9.78 Å². The lowest BCUT2D eigenvalue weighted by atomic mass is 9.74. The number of likely N-dealkylation sites (tertiary alicyclic amines) is 1.